The van der Waals surface area contributed by atoms with Gasteiger partial charge >= 0.3 is 5.97 Å². The lowest BCUT2D eigenvalue weighted by Crippen LogP contribution is -2.61. The van der Waals surface area contributed by atoms with E-state index in [1.165, 1.54) is 103 Å². The van der Waals surface area contributed by atoms with Gasteiger partial charge in [0.25, 0.3) is 0 Å². The number of allylic oxidation sites excluding steroid dienone is 17. The van der Waals surface area contributed by atoms with E-state index in [1.54, 1.807) is 6.08 Å². The van der Waals surface area contributed by atoms with Crippen LogP contribution in [-0.4, -0.2) is 99.6 Å². The summed E-state index contributed by atoms with van der Waals surface area (Å²) in [5.41, 5.74) is 0. The first-order valence-electron chi connectivity index (χ1n) is 34.7. The lowest BCUT2D eigenvalue weighted by Gasteiger charge is -2.41. The maximum Gasteiger partial charge on any atom is 0.306 e. The van der Waals surface area contributed by atoms with Crippen LogP contribution in [0.2, 0.25) is 0 Å². The van der Waals surface area contributed by atoms with Gasteiger partial charge in [-0.3, -0.25) is 9.59 Å². The molecule has 0 aromatic carbocycles. The third-order valence-corrected chi connectivity index (χ3v) is 15.7. The standard InChI is InChI=1S/C74H127NO10/c1-4-7-10-13-16-19-22-25-27-29-30-31-32-33-34-35-36-37-39-40-43-46-49-52-55-58-61-67(78)73(82)75-65(66(77)60-57-54-51-48-45-42-24-21-18-15-12-9-6-3)64-83-74-72(71(81)70(80)68(63-76)84-74)85-69(79)62-59-56-53-50-47-44-41-38-28-26-23-20-17-14-11-8-5-2/h7,10,16-17,19-20,25-28,30-31,33-34,36-37,57,60,65-68,70-72,74,76-78,80-81H,4-6,8-9,11-15,18,21-24,29,32,35,38-56,58-59,61-64H2,1-3H3,(H,75,82)/b10-7-,19-16-,20-17-,27-25-,28-26-,31-30-,34-33-,37-36-,60-57+. The fourth-order valence-electron chi connectivity index (χ4n) is 10.2. The molecule has 8 atom stereocenters. The molecule has 0 radical (unpaired) electrons. The van der Waals surface area contributed by atoms with E-state index in [0.29, 0.717) is 12.8 Å². The number of esters is 1. The summed E-state index contributed by atoms with van der Waals surface area (Å²) in [6, 6.07) is -1.04. The van der Waals surface area contributed by atoms with Crippen molar-refractivity contribution in [1.29, 1.82) is 0 Å². The summed E-state index contributed by atoms with van der Waals surface area (Å²) in [7, 11) is 0. The molecule has 488 valence electrons. The van der Waals surface area contributed by atoms with E-state index in [9.17, 15) is 35.1 Å². The highest BCUT2D eigenvalue weighted by atomic mass is 16.7. The first-order valence-corrected chi connectivity index (χ1v) is 34.7. The van der Waals surface area contributed by atoms with Crippen molar-refractivity contribution in [3.8, 4) is 0 Å². The highest BCUT2D eigenvalue weighted by Crippen LogP contribution is 2.26. The van der Waals surface area contributed by atoms with Gasteiger partial charge in [-0.2, -0.15) is 0 Å². The molecule has 11 nitrogen and oxygen atoms in total. The van der Waals surface area contributed by atoms with Crippen LogP contribution in [0.25, 0.3) is 0 Å². The minimum absolute atomic E-state index is 0.109. The molecule has 1 rings (SSSR count). The number of hydrogen-bond donors (Lipinski definition) is 6. The van der Waals surface area contributed by atoms with Gasteiger partial charge in [-0.15, -0.1) is 0 Å². The van der Waals surface area contributed by atoms with E-state index in [0.717, 1.165) is 135 Å². The van der Waals surface area contributed by atoms with Crippen molar-refractivity contribution in [3.05, 3.63) is 109 Å². The lowest BCUT2D eigenvalue weighted by atomic mass is 9.99. The average molecular weight is 1190 g/mol. The average Bonchev–Trinajstić information content (AvgIpc) is 3.22. The molecule has 6 N–H and O–H groups in total. The number of aliphatic hydroxyl groups excluding tert-OH is 5. The molecule has 1 aliphatic rings. The second-order valence-corrected chi connectivity index (χ2v) is 23.5. The van der Waals surface area contributed by atoms with E-state index >= 15 is 0 Å². The van der Waals surface area contributed by atoms with E-state index in [2.05, 4.69) is 123 Å². The maximum absolute atomic E-state index is 13.5. The summed E-state index contributed by atoms with van der Waals surface area (Å²) in [5, 5.41) is 57.2. The Hall–Kier alpha value is -3.68. The molecule has 0 aromatic rings. The van der Waals surface area contributed by atoms with Gasteiger partial charge in [-0.1, -0.05) is 278 Å². The number of amides is 1. The van der Waals surface area contributed by atoms with Crippen molar-refractivity contribution >= 4 is 11.9 Å². The van der Waals surface area contributed by atoms with Gasteiger partial charge in [0.05, 0.1) is 25.4 Å². The number of ether oxygens (including phenoxy) is 3. The number of nitrogens with one attached hydrogen (secondary N) is 1. The largest absolute Gasteiger partial charge is 0.454 e. The fourth-order valence-corrected chi connectivity index (χ4v) is 10.2. The van der Waals surface area contributed by atoms with Gasteiger partial charge in [-0.25, -0.2) is 0 Å². The summed E-state index contributed by atoms with van der Waals surface area (Å²) < 4.78 is 17.7. The van der Waals surface area contributed by atoms with Crippen LogP contribution in [0.4, 0.5) is 0 Å². The quantitative estimate of drug-likeness (QED) is 0.0195. The smallest absolute Gasteiger partial charge is 0.306 e. The summed E-state index contributed by atoms with van der Waals surface area (Å²) in [6.45, 7) is 5.66. The van der Waals surface area contributed by atoms with Crippen molar-refractivity contribution in [2.45, 2.75) is 333 Å². The summed E-state index contributed by atoms with van der Waals surface area (Å²) >= 11 is 0. The Morgan fingerprint density at radius 2 is 0.847 bits per heavy atom. The normalized spacial score (nSPS) is 19.1. The molecule has 0 saturated carbocycles. The Morgan fingerprint density at radius 3 is 1.29 bits per heavy atom. The molecule has 8 unspecified atom stereocenters. The molecule has 0 aromatic heterocycles. The predicted molar refractivity (Wildman–Crippen MR) is 356 cm³/mol. The van der Waals surface area contributed by atoms with Crippen molar-refractivity contribution < 1.29 is 49.3 Å². The second-order valence-electron chi connectivity index (χ2n) is 23.5. The zero-order valence-corrected chi connectivity index (χ0v) is 54.2. The lowest BCUT2D eigenvalue weighted by molar-refractivity contribution is -0.305. The first-order chi connectivity index (χ1) is 41.7. The number of hydrogen-bond acceptors (Lipinski definition) is 10. The van der Waals surface area contributed by atoms with Crippen LogP contribution in [0.3, 0.4) is 0 Å². The molecule has 1 saturated heterocycles. The number of aliphatic hydroxyl groups is 5. The van der Waals surface area contributed by atoms with Crippen molar-refractivity contribution in [3.63, 3.8) is 0 Å². The molecule has 1 aliphatic heterocycles. The van der Waals surface area contributed by atoms with Crippen LogP contribution in [0.15, 0.2) is 109 Å². The fraction of sp³-hybridized carbons (Fsp3) is 0.730. The van der Waals surface area contributed by atoms with Gasteiger partial charge in [0.2, 0.25) is 5.91 Å². The number of carbonyl (C=O) groups excluding carboxylic acids is 2. The minimum atomic E-state index is -1.62. The van der Waals surface area contributed by atoms with Crippen LogP contribution in [0.1, 0.15) is 284 Å². The van der Waals surface area contributed by atoms with Crippen LogP contribution >= 0.6 is 0 Å². The van der Waals surface area contributed by atoms with E-state index in [4.69, 9.17) is 14.2 Å². The Labute approximate surface area is 519 Å². The summed E-state index contributed by atoms with van der Waals surface area (Å²) in [6.07, 6.45) is 72.6. The van der Waals surface area contributed by atoms with Crippen LogP contribution in [0, 0.1) is 0 Å². The van der Waals surface area contributed by atoms with E-state index < -0.39 is 67.4 Å². The van der Waals surface area contributed by atoms with E-state index in [1.807, 2.05) is 6.08 Å². The number of carbonyl (C=O) groups is 2. The highest BCUT2D eigenvalue weighted by molar-refractivity contribution is 5.80. The van der Waals surface area contributed by atoms with Crippen molar-refractivity contribution in [2.75, 3.05) is 13.2 Å². The van der Waals surface area contributed by atoms with Gasteiger partial charge < -0.3 is 45.1 Å². The molecular weight excluding hydrogens is 1060 g/mol. The minimum Gasteiger partial charge on any atom is -0.454 e. The Morgan fingerprint density at radius 1 is 0.471 bits per heavy atom. The monoisotopic (exact) mass is 1190 g/mol. The molecule has 1 fully saturated rings. The highest BCUT2D eigenvalue weighted by Gasteiger charge is 2.47. The van der Waals surface area contributed by atoms with E-state index in [-0.39, 0.29) is 19.4 Å². The van der Waals surface area contributed by atoms with Crippen molar-refractivity contribution in [1.82, 2.24) is 5.32 Å². The van der Waals surface area contributed by atoms with Gasteiger partial charge in [0, 0.05) is 6.42 Å². The Balaban J connectivity index is 2.63. The molecule has 85 heavy (non-hydrogen) atoms. The maximum atomic E-state index is 13.5. The molecule has 11 heteroatoms. The van der Waals surface area contributed by atoms with Crippen LogP contribution < -0.4 is 5.32 Å². The SMILES string of the molecule is CC/C=C\C/C=C\C/C=C\C/C=C\C/C=C\C/C=C\CCCCCCCCCC(O)C(=O)NC(COC1OC(CO)C(O)C(O)C1OC(=O)CCCCCCCCC/C=C\C/C=C\CCCCC)C(O)/C=C/CCCCCCCCCCCCC. The first kappa shape index (κ1) is 79.3. The van der Waals surface area contributed by atoms with Crippen LogP contribution in [-0.2, 0) is 23.8 Å². The summed E-state index contributed by atoms with van der Waals surface area (Å²) in [5.74, 6) is -1.21. The Kier molecular flexibility index (Phi) is 56.6. The van der Waals surface area contributed by atoms with Gasteiger partial charge in [0.1, 0.15) is 24.4 Å². The third kappa shape index (κ3) is 48.0. The van der Waals surface area contributed by atoms with Crippen molar-refractivity contribution in [2.24, 2.45) is 0 Å². The molecule has 0 bridgehead atoms. The molecule has 0 spiro atoms. The molecule has 0 aliphatic carbocycles. The zero-order valence-electron chi connectivity index (χ0n) is 54.2. The Bertz CT molecular complexity index is 1800. The zero-order chi connectivity index (χ0) is 61.7. The molecule has 1 heterocycles. The number of rotatable bonds is 58. The van der Waals surface area contributed by atoms with Gasteiger partial charge in [0.15, 0.2) is 12.4 Å². The van der Waals surface area contributed by atoms with Crippen LogP contribution in [0.5, 0.6) is 0 Å². The topological polar surface area (TPSA) is 175 Å². The summed E-state index contributed by atoms with van der Waals surface area (Å²) in [4.78, 5) is 26.7. The molecule has 1 amide bonds. The molecular formula is C74H127NO10. The number of unbranched alkanes of at least 4 members (excludes halogenated alkanes) is 28. The van der Waals surface area contributed by atoms with Gasteiger partial charge in [-0.05, 0) is 109 Å². The second kappa shape index (κ2) is 60.6. The predicted octanol–water partition coefficient (Wildman–Crippen LogP) is 17.6. The third-order valence-electron chi connectivity index (χ3n) is 15.7.